The van der Waals surface area contributed by atoms with Crippen LogP contribution >= 0.6 is 12.2 Å². The molecular weight excluding hydrogens is 436 g/mol. The Balaban J connectivity index is 1.77. The summed E-state index contributed by atoms with van der Waals surface area (Å²) in [5, 5.41) is 13.9. The third kappa shape index (κ3) is 4.91. The summed E-state index contributed by atoms with van der Waals surface area (Å²) in [5.41, 5.74) is 0.523. The van der Waals surface area contributed by atoms with Crippen molar-refractivity contribution in [3.8, 4) is 0 Å². The van der Waals surface area contributed by atoms with Crippen LogP contribution in [0.4, 0.5) is 5.69 Å². The molecule has 2 aromatic rings. The van der Waals surface area contributed by atoms with Gasteiger partial charge in [-0.05, 0) is 48.9 Å². The average molecular weight is 463 g/mol. The van der Waals surface area contributed by atoms with Gasteiger partial charge in [0.25, 0.3) is 5.69 Å². The number of thiocarbonyl (C=S) groups is 1. The van der Waals surface area contributed by atoms with Gasteiger partial charge < -0.3 is 5.32 Å². The molecule has 2 N–H and O–H groups in total. The van der Waals surface area contributed by atoms with Gasteiger partial charge in [0.15, 0.2) is 0 Å². The Morgan fingerprint density at radius 2 is 2.03 bits per heavy atom. The molecule has 166 valence electrons. The van der Waals surface area contributed by atoms with Crippen molar-refractivity contribution in [2.24, 2.45) is 5.92 Å². The molecule has 0 amide bonds. The van der Waals surface area contributed by atoms with Crippen LogP contribution in [0.25, 0.3) is 0 Å². The fourth-order valence-corrected chi connectivity index (χ4v) is 5.93. The van der Waals surface area contributed by atoms with E-state index in [4.69, 9.17) is 12.2 Å². The van der Waals surface area contributed by atoms with Gasteiger partial charge in [0.2, 0.25) is 10.0 Å². The molecule has 0 bridgehead atoms. The van der Waals surface area contributed by atoms with E-state index in [2.05, 4.69) is 15.0 Å². The average Bonchev–Trinajstić information content (AvgIpc) is 2.79. The Kier molecular flexibility index (Phi) is 7.34. The molecule has 8 nitrogen and oxygen atoms in total. The molecule has 1 aliphatic carbocycles. The molecule has 1 heterocycles. The number of non-ortho nitro benzene ring substituents is 1. The SMILES string of the molecule is CNC(=S)[C@]1(c2cccnc2)CCCC[C@H]1CCNS(=O)(=O)c1ccc([N+](=O)[O-])cc1. The molecule has 1 aromatic carbocycles. The number of benzene rings is 1. The summed E-state index contributed by atoms with van der Waals surface area (Å²) in [5.74, 6) is 0.157. The van der Waals surface area contributed by atoms with Crippen LogP contribution in [-0.2, 0) is 15.4 Å². The lowest BCUT2D eigenvalue weighted by Gasteiger charge is -2.45. The second-order valence-electron chi connectivity index (χ2n) is 7.67. The highest BCUT2D eigenvalue weighted by atomic mass is 32.2. The lowest BCUT2D eigenvalue weighted by Crippen LogP contribution is -2.50. The Morgan fingerprint density at radius 1 is 1.29 bits per heavy atom. The number of sulfonamides is 1. The molecule has 0 spiro atoms. The third-order valence-electron chi connectivity index (χ3n) is 6.02. The van der Waals surface area contributed by atoms with Crippen molar-refractivity contribution in [1.82, 2.24) is 15.0 Å². The Labute approximate surface area is 187 Å². The van der Waals surface area contributed by atoms with Crippen LogP contribution in [0.1, 0.15) is 37.7 Å². The van der Waals surface area contributed by atoms with Crippen molar-refractivity contribution in [3.05, 3.63) is 64.5 Å². The summed E-state index contributed by atoms with van der Waals surface area (Å²) in [6.45, 7) is 0.248. The minimum atomic E-state index is -3.76. The van der Waals surface area contributed by atoms with E-state index in [0.717, 1.165) is 36.2 Å². The zero-order valence-corrected chi connectivity index (χ0v) is 18.9. The molecule has 1 saturated carbocycles. The topological polar surface area (TPSA) is 114 Å². The van der Waals surface area contributed by atoms with E-state index in [1.54, 1.807) is 6.20 Å². The van der Waals surface area contributed by atoms with Crippen molar-refractivity contribution in [2.75, 3.05) is 13.6 Å². The van der Waals surface area contributed by atoms with Crippen molar-refractivity contribution in [2.45, 2.75) is 42.4 Å². The lowest BCUT2D eigenvalue weighted by molar-refractivity contribution is -0.384. The van der Waals surface area contributed by atoms with Gasteiger partial charge in [0, 0.05) is 43.5 Å². The number of nitro benzene ring substituents is 1. The molecule has 0 saturated heterocycles. The molecule has 10 heteroatoms. The first kappa shape index (κ1) is 23.2. The van der Waals surface area contributed by atoms with Crippen LogP contribution in [-0.4, -0.2) is 36.9 Å². The zero-order chi connectivity index (χ0) is 22.5. The number of nitrogens with zero attached hydrogens (tertiary/aromatic N) is 2. The highest BCUT2D eigenvalue weighted by Crippen LogP contribution is 2.46. The predicted octanol–water partition coefficient (Wildman–Crippen LogP) is 3.33. The predicted molar refractivity (Wildman–Crippen MR) is 122 cm³/mol. The molecule has 3 rings (SSSR count). The maximum atomic E-state index is 12.6. The molecule has 2 atom stereocenters. The Bertz CT molecular complexity index is 1030. The first-order valence-electron chi connectivity index (χ1n) is 10.2. The summed E-state index contributed by atoms with van der Waals surface area (Å²) < 4.78 is 27.9. The molecule has 0 unspecified atom stereocenters. The van der Waals surface area contributed by atoms with E-state index in [1.807, 2.05) is 25.4 Å². The van der Waals surface area contributed by atoms with Gasteiger partial charge in [-0.3, -0.25) is 15.1 Å². The largest absolute Gasteiger partial charge is 0.382 e. The van der Waals surface area contributed by atoms with E-state index in [-0.39, 0.29) is 28.5 Å². The second-order valence-corrected chi connectivity index (χ2v) is 9.85. The maximum Gasteiger partial charge on any atom is 0.269 e. The summed E-state index contributed by atoms with van der Waals surface area (Å²) >= 11 is 5.75. The molecule has 0 radical (unpaired) electrons. The molecule has 1 aromatic heterocycles. The minimum absolute atomic E-state index is 0.00557. The third-order valence-corrected chi connectivity index (χ3v) is 8.07. The molecule has 1 fully saturated rings. The van der Waals surface area contributed by atoms with Gasteiger partial charge in [-0.25, -0.2) is 13.1 Å². The fraction of sp³-hybridized carbons (Fsp3) is 0.429. The van der Waals surface area contributed by atoms with Crippen LogP contribution < -0.4 is 10.0 Å². The summed E-state index contributed by atoms with van der Waals surface area (Å²) in [6, 6.07) is 8.81. The highest BCUT2D eigenvalue weighted by Gasteiger charge is 2.45. The first-order chi connectivity index (χ1) is 14.8. The number of pyridine rings is 1. The number of aromatic nitrogens is 1. The maximum absolute atomic E-state index is 12.6. The number of nitrogens with one attached hydrogen (secondary N) is 2. The number of likely N-dealkylation sites (N-methyl/N-ethyl adjacent to an activating group) is 1. The number of hydrogen-bond acceptors (Lipinski definition) is 6. The second kappa shape index (κ2) is 9.80. The number of rotatable bonds is 8. The van der Waals surface area contributed by atoms with Crippen LogP contribution in [0.3, 0.4) is 0 Å². The van der Waals surface area contributed by atoms with E-state index >= 15 is 0 Å². The molecule has 0 aliphatic heterocycles. The van der Waals surface area contributed by atoms with Crippen LogP contribution in [0.5, 0.6) is 0 Å². The summed E-state index contributed by atoms with van der Waals surface area (Å²) in [4.78, 5) is 15.3. The van der Waals surface area contributed by atoms with Crippen molar-refractivity contribution < 1.29 is 13.3 Å². The Hall–Kier alpha value is -2.43. The van der Waals surface area contributed by atoms with Gasteiger partial charge in [0.05, 0.1) is 14.8 Å². The highest BCUT2D eigenvalue weighted by molar-refractivity contribution is 7.89. The van der Waals surface area contributed by atoms with Crippen LogP contribution in [0.15, 0.2) is 53.7 Å². The number of nitro groups is 1. The van der Waals surface area contributed by atoms with E-state index in [1.165, 1.54) is 24.3 Å². The smallest absolute Gasteiger partial charge is 0.269 e. The lowest BCUT2D eigenvalue weighted by atomic mass is 9.61. The van der Waals surface area contributed by atoms with E-state index in [0.29, 0.717) is 6.42 Å². The summed E-state index contributed by atoms with van der Waals surface area (Å²) in [6.07, 6.45) is 8.13. The van der Waals surface area contributed by atoms with Crippen LogP contribution in [0, 0.1) is 16.0 Å². The Morgan fingerprint density at radius 3 is 2.65 bits per heavy atom. The molecule has 1 aliphatic rings. The van der Waals surface area contributed by atoms with E-state index < -0.39 is 14.9 Å². The number of hydrogen-bond donors (Lipinski definition) is 2. The van der Waals surface area contributed by atoms with Gasteiger partial charge in [-0.15, -0.1) is 0 Å². The normalized spacial score (nSPS) is 21.4. The summed E-state index contributed by atoms with van der Waals surface area (Å²) in [7, 11) is -1.94. The monoisotopic (exact) mass is 462 g/mol. The standard InChI is InChI=1S/C21H26N4O4S2/c1-22-20(30)21(17-6-4-13-23-15-17)12-3-2-5-16(21)11-14-24-31(28,29)19-9-7-18(8-10-19)25(26)27/h4,6-10,13,15-16,24H,2-3,5,11-12,14H2,1H3,(H,22,30)/t16-,21+/m0/s1. The molecular formula is C21H26N4O4S2. The minimum Gasteiger partial charge on any atom is -0.382 e. The quantitative estimate of drug-likeness (QED) is 0.351. The van der Waals surface area contributed by atoms with Gasteiger partial charge in [-0.1, -0.05) is 31.1 Å². The van der Waals surface area contributed by atoms with Gasteiger partial charge in [0.1, 0.15) is 0 Å². The van der Waals surface area contributed by atoms with Gasteiger partial charge >= 0.3 is 0 Å². The van der Waals surface area contributed by atoms with Crippen molar-refractivity contribution in [3.63, 3.8) is 0 Å². The van der Waals surface area contributed by atoms with Crippen molar-refractivity contribution in [1.29, 1.82) is 0 Å². The van der Waals surface area contributed by atoms with E-state index in [9.17, 15) is 18.5 Å². The first-order valence-corrected chi connectivity index (χ1v) is 12.1. The molecule has 31 heavy (non-hydrogen) atoms. The fourth-order valence-electron chi connectivity index (χ4n) is 4.49. The van der Waals surface area contributed by atoms with Gasteiger partial charge in [-0.2, -0.15) is 0 Å². The van der Waals surface area contributed by atoms with Crippen molar-refractivity contribution >= 4 is 32.9 Å². The zero-order valence-electron chi connectivity index (χ0n) is 17.3. The van der Waals surface area contributed by atoms with Crippen LogP contribution in [0.2, 0.25) is 0 Å².